The van der Waals surface area contributed by atoms with Crippen molar-refractivity contribution in [1.82, 2.24) is 0 Å². The summed E-state index contributed by atoms with van der Waals surface area (Å²) in [5.41, 5.74) is -7.01. The van der Waals surface area contributed by atoms with Gasteiger partial charge in [0.1, 0.15) is 36.1 Å². The van der Waals surface area contributed by atoms with Crippen LogP contribution >= 0.6 is 0 Å². The first-order chi connectivity index (χ1) is 26.8. The molecule has 58 heavy (non-hydrogen) atoms. The summed E-state index contributed by atoms with van der Waals surface area (Å²) in [6.45, 7) is 6.66. The molecule has 4 saturated carbocycles. The van der Waals surface area contributed by atoms with Crippen molar-refractivity contribution in [3.63, 3.8) is 0 Å². The van der Waals surface area contributed by atoms with Gasteiger partial charge in [0.05, 0.1) is 60.4 Å². The Hall–Kier alpha value is -2.26. The Balaban J connectivity index is 1.76. The second-order valence-electron chi connectivity index (χ2n) is 18.6. The highest BCUT2D eigenvalue weighted by Crippen LogP contribution is 2.74. The average molecular weight is 829 g/mol. The lowest BCUT2D eigenvalue weighted by Crippen LogP contribution is -2.75. The molecule has 12 N–H and O–H groups in total. The molecule has 10 unspecified atom stereocenters. The predicted octanol–water partition coefficient (Wildman–Crippen LogP) is -2.42. The van der Waals surface area contributed by atoms with E-state index in [1.807, 2.05) is 0 Å². The highest BCUT2D eigenvalue weighted by molar-refractivity contribution is 6.12. The highest BCUT2D eigenvalue weighted by Gasteiger charge is 2.78. The lowest BCUT2D eigenvalue weighted by molar-refractivity contribution is -0.270. The van der Waals surface area contributed by atoms with E-state index in [0.717, 1.165) is 20.8 Å². The van der Waals surface area contributed by atoms with Crippen molar-refractivity contribution >= 4 is 23.3 Å². The summed E-state index contributed by atoms with van der Waals surface area (Å²) in [4.78, 5) is 57.8. The van der Waals surface area contributed by atoms with Crippen molar-refractivity contribution in [1.29, 1.82) is 0 Å². The Labute approximate surface area is 337 Å². The Bertz CT molecular complexity index is 1560. The number of hydrogen-bond donors (Lipinski definition) is 12. The minimum atomic E-state index is -2.81. The fraction of sp³-hybridized carbons (Fsp3) is 0.854. The second-order valence-corrected chi connectivity index (χ2v) is 18.6. The smallest absolute Gasteiger partial charge is 0.331 e. The van der Waals surface area contributed by atoms with Gasteiger partial charge in [0.15, 0.2) is 11.6 Å². The summed E-state index contributed by atoms with van der Waals surface area (Å²) >= 11 is 0. The minimum absolute atomic E-state index is 0.0273. The largest absolute Gasteiger partial charge is 0.458 e. The molecule has 0 aromatic heterocycles. The lowest BCUT2D eigenvalue weighted by Gasteiger charge is -2.70. The van der Waals surface area contributed by atoms with E-state index in [-0.39, 0.29) is 38.7 Å². The van der Waals surface area contributed by atoms with Gasteiger partial charge in [0.2, 0.25) is 0 Å². The summed E-state index contributed by atoms with van der Waals surface area (Å²) < 4.78 is 5.19. The van der Waals surface area contributed by atoms with E-state index >= 15 is 9.59 Å². The van der Waals surface area contributed by atoms with Gasteiger partial charge in [0, 0.05) is 30.8 Å². The van der Waals surface area contributed by atoms with Crippen LogP contribution in [0.4, 0.5) is 0 Å². The SMILES string of the molecule is CC(O)C(O)C(O)CC(=O)C1[C@H](O)C[C@H]2CC[C@@H]3[C@H](C[C@@H](O)[C@]4(C)[C@@H](C5=CC(=O)OC5)CC[C@]34O)[C@@]2(C)C1(C(=O)CC(O)C(O)C(C)O)C(=O)CC(O)C(O)C(C)O. The molecule has 330 valence electrons. The number of aliphatic hydroxyl groups excluding tert-OH is 11. The molecule has 0 bridgehead atoms. The summed E-state index contributed by atoms with van der Waals surface area (Å²) in [7, 11) is 0. The van der Waals surface area contributed by atoms with E-state index in [9.17, 15) is 70.9 Å². The first kappa shape index (κ1) is 46.8. The number of rotatable bonds is 16. The van der Waals surface area contributed by atoms with Crippen molar-refractivity contribution in [3.05, 3.63) is 11.6 Å². The van der Waals surface area contributed by atoms with Crippen molar-refractivity contribution in [3.8, 4) is 0 Å². The van der Waals surface area contributed by atoms with Crippen molar-refractivity contribution in [2.24, 2.45) is 45.8 Å². The topological polar surface area (TPSA) is 320 Å². The summed E-state index contributed by atoms with van der Waals surface area (Å²) in [6, 6.07) is 0. The molecule has 0 radical (unpaired) electrons. The molecule has 19 atom stereocenters. The number of aliphatic hydroxyl groups is 12. The molecule has 17 heteroatoms. The molecule has 1 aliphatic heterocycles. The van der Waals surface area contributed by atoms with Gasteiger partial charge in [-0.3, -0.25) is 14.4 Å². The van der Waals surface area contributed by atoms with Crippen LogP contribution in [0.2, 0.25) is 0 Å². The van der Waals surface area contributed by atoms with Gasteiger partial charge in [-0.15, -0.1) is 0 Å². The zero-order valence-electron chi connectivity index (χ0n) is 33.8. The Morgan fingerprint density at radius 2 is 1.22 bits per heavy atom. The molecule has 1 heterocycles. The monoisotopic (exact) mass is 828 g/mol. The van der Waals surface area contributed by atoms with Gasteiger partial charge in [0.25, 0.3) is 0 Å². The molecule has 5 rings (SSSR count). The van der Waals surface area contributed by atoms with E-state index in [1.165, 1.54) is 13.0 Å². The van der Waals surface area contributed by atoms with E-state index in [0.29, 0.717) is 12.0 Å². The quantitative estimate of drug-likeness (QED) is 0.0569. The molecular weight excluding hydrogens is 764 g/mol. The maximum Gasteiger partial charge on any atom is 0.331 e. The van der Waals surface area contributed by atoms with Crippen LogP contribution in [0.15, 0.2) is 11.6 Å². The molecule has 5 aliphatic rings. The number of carbonyl (C=O) groups is 4. The van der Waals surface area contributed by atoms with E-state index in [1.54, 1.807) is 6.92 Å². The van der Waals surface area contributed by atoms with Crippen LogP contribution < -0.4 is 0 Å². The Kier molecular flexibility index (Phi) is 13.6. The molecular formula is C41H64O17. The summed E-state index contributed by atoms with van der Waals surface area (Å²) in [5.74, 6) is -9.27. The predicted molar refractivity (Wildman–Crippen MR) is 200 cm³/mol. The fourth-order valence-corrected chi connectivity index (χ4v) is 12.5. The number of esters is 1. The average Bonchev–Trinajstić information content (AvgIpc) is 3.70. The third-order valence-corrected chi connectivity index (χ3v) is 15.6. The van der Waals surface area contributed by atoms with Crippen molar-refractivity contribution < 1.29 is 85.2 Å². The third kappa shape index (κ3) is 7.23. The van der Waals surface area contributed by atoms with Crippen LogP contribution in [0.25, 0.3) is 0 Å². The van der Waals surface area contributed by atoms with Gasteiger partial charge in [-0.2, -0.15) is 0 Å². The number of carbonyl (C=O) groups excluding carboxylic acids is 4. The van der Waals surface area contributed by atoms with Crippen LogP contribution in [0, 0.1) is 45.8 Å². The maximum absolute atomic E-state index is 15.5. The first-order valence-corrected chi connectivity index (χ1v) is 20.5. The second kappa shape index (κ2) is 16.9. The van der Waals surface area contributed by atoms with Crippen molar-refractivity contribution in [2.75, 3.05) is 6.61 Å². The van der Waals surface area contributed by atoms with E-state index in [2.05, 4.69) is 0 Å². The molecule has 0 saturated heterocycles. The van der Waals surface area contributed by atoms with Gasteiger partial charge < -0.3 is 66.0 Å². The van der Waals surface area contributed by atoms with Crippen LogP contribution in [-0.2, 0) is 23.9 Å². The van der Waals surface area contributed by atoms with Crippen LogP contribution in [0.3, 0.4) is 0 Å². The molecule has 0 spiro atoms. The Morgan fingerprint density at radius 3 is 1.69 bits per heavy atom. The molecule has 0 aromatic carbocycles. The normalized spacial score (nSPS) is 41.9. The number of Topliss-reactive ketones (excluding diaryl/α,β-unsaturated/α-hetero) is 3. The number of ether oxygens (including phenoxy) is 1. The highest BCUT2D eigenvalue weighted by atomic mass is 16.5. The van der Waals surface area contributed by atoms with Gasteiger partial charge in [-0.25, -0.2) is 4.79 Å². The number of hydrogen-bond acceptors (Lipinski definition) is 17. The number of fused-ring (bicyclic) bond motifs is 5. The summed E-state index contributed by atoms with van der Waals surface area (Å²) in [6.07, 6.45) is -21.0. The Morgan fingerprint density at radius 1 is 0.724 bits per heavy atom. The molecule has 4 fully saturated rings. The van der Waals surface area contributed by atoms with Gasteiger partial charge in [-0.1, -0.05) is 13.8 Å². The molecule has 4 aliphatic carbocycles. The molecule has 17 nitrogen and oxygen atoms in total. The van der Waals surface area contributed by atoms with Crippen LogP contribution in [0.5, 0.6) is 0 Å². The maximum atomic E-state index is 15.5. The summed E-state index contributed by atoms with van der Waals surface area (Å²) in [5, 5.41) is 133. The first-order valence-electron chi connectivity index (χ1n) is 20.5. The van der Waals surface area contributed by atoms with Gasteiger partial charge in [-0.05, 0) is 94.0 Å². The zero-order valence-corrected chi connectivity index (χ0v) is 33.8. The third-order valence-electron chi connectivity index (χ3n) is 15.6. The minimum Gasteiger partial charge on any atom is -0.458 e. The van der Waals surface area contributed by atoms with Crippen LogP contribution in [0.1, 0.15) is 92.4 Å². The number of ketones is 3. The fourth-order valence-electron chi connectivity index (χ4n) is 12.5. The van der Waals surface area contributed by atoms with Gasteiger partial charge >= 0.3 is 5.97 Å². The molecule has 0 aromatic rings. The van der Waals surface area contributed by atoms with Crippen molar-refractivity contribution in [2.45, 2.75) is 165 Å². The van der Waals surface area contributed by atoms with E-state index < -0.39 is 161 Å². The standard InChI is InChI=1S/C41H64O17/c1-17(42)35(54)27(47)13-26(46)34-25(45)11-21-6-7-23-24(12-30(50)39(5)22(8-9-40(23,39)57)20-10-33(53)58-16-20)38(21,4)41(34,31(51)14-28(48)36(55)18(2)43)32(52)15-29(49)37(56)19(3)44/h10,17-19,21-25,27-30,34-37,42-45,47-50,54-57H,6-9,11-16H2,1-5H3/t17?,18?,19?,21-,22-,23-,24+,25-,27?,28?,29?,30-,34?,35?,36?,37?,38+,39+,40+,41?/m1/s1. The van der Waals surface area contributed by atoms with Crippen LogP contribution in [-0.4, -0.2) is 164 Å². The van der Waals surface area contributed by atoms with E-state index in [4.69, 9.17) is 4.74 Å². The zero-order chi connectivity index (χ0) is 43.6. The number of cyclic esters (lactones) is 1. The lowest BCUT2D eigenvalue weighted by atomic mass is 9.33. The molecule has 0 amide bonds.